The number of carbonyl (C=O) groups is 4. The van der Waals surface area contributed by atoms with E-state index >= 15 is 0 Å². The summed E-state index contributed by atoms with van der Waals surface area (Å²) in [5.41, 5.74) is 0. The molecular formula is C17H20Cl6N2O10. The van der Waals surface area contributed by atoms with Gasteiger partial charge in [-0.25, -0.2) is 4.79 Å². The zero-order chi connectivity index (χ0) is 27.1. The van der Waals surface area contributed by atoms with Crippen LogP contribution in [0.15, 0.2) is 0 Å². The predicted molar refractivity (Wildman–Crippen MR) is 124 cm³/mol. The van der Waals surface area contributed by atoms with Crippen molar-refractivity contribution in [2.45, 2.75) is 59.0 Å². The summed E-state index contributed by atoms with van der Waals surface area (Å²) in [6.45, 7) is 1.97. The van der Waals surface area contributed by atoms with Gasteiger partial charge in [0.2, 0.25) is 16.0 Å². The first kappa shape index (κ1) is 31.9. The molecule has 2 N–H and O–H groups in total. The Kier molecular flexibility index (Phi) is 12.2. The molecule has 35 heavy (non-hydrogen) atoms. The molecule has 1 rings (SSSR count). The Bertz CT molecular complexity index is 818. The second-order valence-corrected chi connectivity index (χ2v) is 11.6. The Balaban J connectivity index is 3.41. The van der Waals surface area contributed by atoms with E-state index < -0.39 is 81.3 Å². The van der Waals surface area contributed by atoms with Crippen LogP contribution in [0.25, 0.3) is 0 Å². The molecule has 1 saturated heterocycles. The highest BCUT2D eigenvalue weighted by Gasteiger charge is 2.53. The standard InChI is InChI=1S/C17H20Cl6N2O10/c1-6(26)30-4-9-11(32-7(2)27)12(33-8(3)28)10(25-15(29)31-5-16(18,19)20)13(34-9)35-14(24)17(21,22)23/h9-13,24H,4-5H2,1-3H3,(H,25,29). The van der Waals surface area contributed by atoms with Crippen LogP contribution >= 0.6 is 69.6 Å². The molecule has 0 aromatic heterocycles. The third-order valence-corrected chi connectivity index (χ3v) is 4.69. The highest BCUT2D eigenvalue weighted by Crippen LogP contribution is 2.33. The maximum Gasteiger partial charge on any atom is 0.407 e. The third-order valence-electron chi connectivity index (χ3n) is 3.84. The second-order valence-electron chi connectivity index (χ2n) is 6.80. The minimum Gasteiger partial charge on any atom is -0.463 e. The average Bonchev–Trinajstić information content (AvgIpc) is 2.67. The fraction of sp³-hybridized carbons (Fsp3) is 0.706. The molecule has 1 fully saturated rings. The smallest absolute Gasteiger partial charge is 0.407 e. The number of alkyl halides is 6. The van der Waals surface area contributed by atoms with Crippen LogP contribution in [0.4, 0.5) is 4.79 Å². The molecule has 0 spiro atoms. The molecule has 5 unspecified atom stereocenters. The largest absolute Gasteiger partial charge is 0.463 e. The van der Waals surface area contributed by atoms with Crippen LogP contribution in [0.3, 0.4) is 0 Å². The van der Waals surface area contributed by atoms with Crippen molar-refractivity contribution in [1.29, 1.82) is 5.41 Å². The summed E-state index contributed by atoms with van der Waals surface area (Å²) in [4.78, 5) is 47.3. The molecule has 0 aromatic rings. The van der Waals surface area contributed by atoms with E-state index in [-0.39, 0.29) is 0 Å². The SMILES string of the molecule is CC(=O)OCC1OC(OC(=N)C(Cl)(Cl)Cl)C(NC(=O)OCC(Cl)(Cl)Cl)C(OC(C)=O)C1OC(C)=O. The lowest BCUT2D eigenvalue weighted by molar-refractivity contribution is -0.260. The summed E-state index contributed by atoms with van der Waals surface area (Å²) in [6, 6.07) is -1.55. The van der Waals surface area contributed by atoms with Gasteiger partial charge in [-0.05, 0) is 0 Å². The maximum atomic E-state index is 12.4. The van der Waals surface area contributed by atoms with Gasteiger partial charge >= 0.3 is 24.0 Å². The molecule has 0 aromatic carbocycles. The highest BCUT2D eigenvalue weighted by atomic mass is 35.6. The zero-order valence-electron chi connectivity index (χ0n) is 18.2. The van der Waals surface area contributed by atoms with Gasteiger partial charge in [0.15, 0.2) is 12.2 Å². The van der Waals surface area contributed by atoms with Crippen molar-refractivity contribution >= 4 is 99.5 Å². The number of amides is 1. The van der Waals surface area contributed by atoms with E-state index in [9.17, 15) is 19.2 Å². The summed E-state index contributed by atoms with van der Waals surface area (Å²) < 4.78 is 26.8. The zero-order valence-corrected chi connectivity index (χ0v) is 22.7. The molecule has 0 aliphatic carbocycles. The van der Waals surface area contributed by atoms with Gasteiger partial charge in [0, 0.05) is 20.8 Å². The van der Waals surface area contributed by atoms with Gasteiger partial charge in [0.25, 0.3) is 3.79 Å². The molecular weight excluding hydrogens is 605 g/mol. The second kappa shape index (κ2) is 13.4. The number of ether oxygens (including phenoxy) is 6. The van der Waals surface area contributed by atoms with Gasteiger partial charge in [0.05, 0.1) is 0 Å². The van der Waals surface area contributed by atoms with Gasteiger partial charge in [-0.15, -0.1) is 0 Å². The first-order chi connectivity index (χ1) is 15.9. The van der Waals surface area contributed by atoms with Gasteiger partial charge in [-0.2, -0.15) is 0 Å². The lowest BCUT2D eigenvalue weighted by Crippen LogP contribution is -2.67. The van der Waals surface area contributed by atoms with Crippen molar-refractivity contribution in [2.75, 3.05) is 13.2 Å². The Labute approximate surface area is 229 Å². The Morgan fingerprint density at radius 3 is 1.86 bits per heavy atom. The third kappa shape index (κ3) is 11.6. The molecule has 0 radical (unpaired) electrons. The lowest BCUT2D eigenvalue weighted by Gasteiger charge is -2.44. The minimum atomic E-state index is -2.36. The van der Waals surface area contributed by atoms with E-state index in [0.29, 0.717) is 0 Å². The summed E-state index contributed by atoms with van der Waals surface area (Å²) in [5, 5.41) is 10.1. The van der Waals surface area contributed by atoms with Gasteiger partial charge in [-0.3, -0.25) is 19.8 Å². The Morgan fingerprint density at radius 2 is 1.40 bits per heavy atom. The predicted octanol–water partition coefficient (Wildman–Crippen LogP) is 2.97. The number of halogens is 6. The van der Waals surface area contributed by atoms with Gasteiger partial charge in [0.1, 0.15) is 25.4 Å². The molecule has 12 nitrogen and oxygen atoms in total. The van der Waals surface area contributed by atoms with Crippen LogP contribution < -0.4 is 5.32 Å². The van der Waals surface area contributed by atoms with Crippen LogP contribution in [0.2, 0.25) is 0 Å². The van der Waals surface area contributed by atoms with Crippen LogP contribution in [0.5, 0.6) is 0 Å². The fourth-order valence-electron chi connectivity index (χ4n) is 2.66. The summed E-state index contributed by atoms with van der Waals surface area (Å²) >= 11 is 33.7. The first-order valence-electron chi connectivity index (χ1n) is 9.36. The van der Waals surface area contributed by atoms with E-state index in [2.05, 4.69) is 5.32 Å². The number of carbonyl (C=O) groups excluding carboxylic acids is 4. The molecule has 0 saturated carbocycles. The quantitative estimate of drug-likeness (QED) is 0.142. The molecule has 1 amide bonds. The number of alkyl carbamates (subject to hydrolysis) is 1. The summed E-state index contributed by atoms with van der Waals surface area (Å²) in [5.74, 6) is -3.39. The summed E-state index contributed by atoms with van der Waals surface area (Å²) in [7, 11) is 0. The number of rotatable bonds is 7. The maximum absolute atomic E-state index is 12.4. The molecule has 0 bridgehead atoms. The summed E-state index contributed by atoms with van der Waals surface area (Å²) in [6.07, 6.45) is -7.25. The van der Waals surface area contributed by atoms with Crippen molar-refractivity contribution in [2.24, 2.45) is 0 Å². The Morgan fingerprint density at radius 1 is 0.857 bits per heavy atom. The number of nitrogens with one attached hydrogen (secondary N) is 2. The van der Waals surface area contributed by atoms with E-state index in [1.807, 2.05) is 0 Å². The fourth-order valence-corrected chi connectivity index (χ4v) is 2.96. The van der Waals surface area contributed by atoms with E-state index in [4.69, 9.17) is 103 Å². The van der Waals surface area contributed by atoms with Crippen LogP contribution in [0, 0.1) is 5.41 Å². The minimum absolute atomic E-state index is 0.517. The molecule has 1 heterocycles. The van der Waals surface area contributed by atoms with Crippen molar-refractivity contribution in [1.82, 2.24) is 5.32 Å². The molecule has 1 aliphatic rings. The van der Waals surface area contributed by atoms with Crippen LogP contribution in [-0.4, -0.2) is 81.3 Å². The normalized spacial score (nSPS) is 24.5. The molecule has 5 atom stereocenters. The van der Waals surface area contributed by atoms with Crippen molar-refractivity contribution in [3.8, 4) is 0 Å². The van der Waals surface area contributed by atoms with Crippen LogP contribution in [0.1, 0.15) is 20.8 Å². The van der Waals surface area contributed by atoms with Crippen molar-refractivity contribution in [3.63, 3.8) is 0 Å². The highest BCUT2D eigenvalue weighted by molar-refractivity contribution is 6.76. The monoisotopic (exact) mass is 622 g/mol. The number of hydrogen-bond acceptors (Lipinski definition) is 11. The number of esters is 3. The van der Waals surface area contributed by atoms with Gasteiger partial charge < -0.3 is 33.7 Å². The Hall–Kier alpha value is -1.15. The van der Waals surface area contributed by atoms with Gasteiger partial charge in [-0.1, -0.05) is 69.6 Å². The van der Waals surface area contributed by atoms with E-state index in [0.717, 1.165) is 20.8 Å². The van der Waals surface area contributed by atoms with Crippen molar-refractivity contribution < 1.29 is 47.6 Å². The number of hydrogen-bond donors (Lipinski definition) is 2. The lowest BCUT2D eigenvalue weighted by atomic mass is 9.96. The first-order valence-corrected chi connectivity index (χ1v) is 11.6. The van der Waals surface area contributed by atoms with E-state index in [1.54, 1.807) is 0 Å². The molecule has 18 heteroatoms. The molecule has 200 valence electrons. The molecule has 1 aliphatic heterocycles. The topological polar surface area (TPSA) is 160 Å². The van der Waals surface area contributed by atoms with Crippen molar-refractivity contribution in [3.05, 3.63) is 0 Å². The van der Waals surface area contributed by atoms with E-state index in [1.165, 1.54) is 0 Å². The average molecular weight is 625 g/mol. The van der Waals surface area contributed by atoms with Crippen LogP contribution in [-0.2, 0) is 42.8 Å².